The van der Waals surface area contributed by atoms with Gasteiger partial charge in [-0.3, -0.25) is 4.90 Å². The van der Waals surface area contributed by atoms with E-state index in [1.54, 1.807) is 11.0 Å². The van der Waals surface area contributed by atoms with Crippen molar-refractivity contribution in [1.29, 1.82) is 0 Å². The normalized spacial score (nSPS) is 20.8. The van der Waals surface area contributed by atoms with E-state index < -0.39 is 34.0 Å². The SMILES string of the molecule is O=C(OCc1ccccc1)N1CCCC[C@H]1c1cc2n(n1)C=CC(OS(=O)(=O)C(F)(F)F)N2. The number of anilines is 1. The van der Waals surface area contributed by atoms with E-state index in [0.29, 0.717) is 18.7 Å². The smallest absolute Gasteiger partial charge is 0.445 e. The topological polar surface area (TPSA) is 103 Å². The molecule has 1 amide bonds. The van der Waals surface area contributed by atoms with Gasteiger partial charge >= 0.3 is 21.7 Å². The van der Waals surface area contributed by atoms with Crippen LogP contribution in [-0.4, -0.2) is 47.5 Å². The molecule has 1 aromatic heterocycles. The molecule has 33 heavy (non-hydrogen) atoms. The van der Waals surface area contributed by atoms with Gasteiger partial charge in [-0.25, -0.2) is 13.7 Å². The number of ether oxygens (including phenoxy) is 1. The Kier molecular flexibility index (Phi) is 6.34. The maximum absolute atomic E-state index is 12.7. The van der Waals surface area contributed by atoms with Crippen molar-refractivity contribution in [2.75, 3.05) is 11.9 Å². The number of piperidine rings is 1. The van der Waals surface area contributed by atoms with E-state index in [4.69, 9.17) is 4.74 Å². The first-order chi connectivity index (χ1) is 15.6. The standard InChI is InChI=1S/C20H21F3N4O5S/c21-20(22,23)33(29,30)32-18-9-11-27-17(24-18)12-15(25-27)16-8-4-5-10-26(16)19(28)31-13-14-6-2-1-3-7-14/h1-3,6-7,9,11-12,16,18,24H,4-5,8,10,13H2/t16-,18?/m0/s1. The van der Waals surface area contributed by atoms with Crippen LogP contribution in [0, 0.1) is 0 Å². The molecule has 0 radical (unpaired) electrons. The summed E-state index contributed by atoms with van der Waals surface area (Å²) in [6.45, 7) is 0.596. The molecule has 2 aliphatic heterocycles. The van der Waals surface area contributed by atoms with E-state index in [9.17, 15) is 26.4 Å². The lowest BCUT2D eigenvalue weighted by molar-refractivity contribution is -0.0553. The minimum atomic E-state index is -5.78. The molecule has 3 heterocycles. The van der Waals surface area contributed by atoms with Gasteiger partial charge in [0.1, 0.15) is 12.4 Å². The van der Waals surface area contributed by atoms with Crippen LogP contribution in [0.15, 0.2) is 42.5 Å². The molecule has 1 fully saturated rings. The summed E-state index contributed by atoms with van der Waals surface area (Å²) in [4.78, 5) is 14.3. The van der Waals surface area contributed by atoms with E-state index >= 15 is 0 Å². The zero-order chi connectivity index (χ0) is 23.6. The Hall–Kier alpha value is -3.06. The van der Waals surface area contributed by atoms with E-state index in [1.165, 1.54) is 10.9 Å². The van der Waals surface area contributed by atoms with E-state index in [1.807, 2.05) is 30.3 Å². The highest BCUT2D eigenvalue weighted by Crippen LogP contribution is 2.34. The number of hydrogen-bond donors (Lipinski definition) is 1. The second-order valence-electron chi connectivity index (χ2n) is 7.55. The maximum atomic E-state index is 12.7. The summed E-state index contributed by atoms with van der Waals surface area (Å²) in [5.41, 5.74) is -4.18. The van der Waals surface area contributed by atoms with Crippen molar-refractivity contribution in [2.24, 2.45) is 0 Å². The molecule has 0 bridgehead atoms. The first-order valence-corrected chi connectivity index (χ1v) is 11.6. The number of carbonyl (C=O) groups is 1. The summed E-state index contributed by atoms with van der Waals surface area (Å²) in [7, 11) is -5.78. The van der Waals surface area contributed by atoms with Crippen LogP contribution in [0.25, 0.3) is 6.20 Å². The zero-order valence-electron chi connectivity index (χ0n) is 17.2. The molecule has 1 N–H and O–H groups in total. The molecule has 2 aliphatic rings. The minimum Gasteiger partial charge on any atom is -0.445 e. The Balaban J connectivity index is 1.45. The lowest BCUT2D eigenvalue weighted by Crippen LogP contribution is -2.39. The summed E-state index contributed by atoms with van der Waals surface area (Å²) < 4.78 is 71.3. The summed E-state index contributed by atoms with van der Waals surface area (Å²) in [5, 5.41) is 6.95. The van der Waals surface area contributed by atoms with Crippen molar-refractivity contribution in [1.82, 2.24) is 14.7 Å². The molecule has 9 nitrogen and oxygen atoms in total. The van der Waals surface area contributed by atoms with Crippen molar-refractivity contribution in [3.05, 3.63) is 53.7 Å². The lowest BCUT2D eigenvalue weighted by atomic mass is 10.00. The second-order valence-corrected chi connectivity index (χ2v) is 9.11. The molecule has 1 unspecified atom stereocenters. The number of carbonyl (C=O) groups excluding carboxylic acids is 1. The fraction of sp³-hybridized carbons (Fsp3) is 0.400. The highest BCUT2D eigenvalue weighted by Gasteiger charge is 2.48. The van der Waals surface area contributed by atoms with E-state index in [0.717, 1.165) is 24.5 Å². The Morgan fingerprint density at radius 3 is 2.70 bits per heavy atom. The molecule has 13 heteroatoms. The highest BCUT2D eigenvalue weighted by molar-refractivity contribution is 7.87. The van der Waals surface area contributed by atoms with Crippen molar-refractivity contribution in [3.63, 3.8) is 0 Å². The monoisotopic (exact) mass is 486 g/mol. The van der Waals surface area contributed by atoms with Crippen LogP contribution in [0.4, 0.5) is 23.8 Å². The summed E-state index contributed by atoms with van der Waals surface area (Å²) >= 11 is 0. The summed E-state index contributed by atoms with van der Waals surface area (Å²) in [5.74, 6) is 0.234. The van der Waals surface area contributed by atoms with Crippen LogP contribution in [-0.2, 0) is 25.6 Å². The van der Waals surface area contributed by atoms with E-state index in [-0.39, 0.29) is 12.4 Å². The third kappa shape index (κ3) is 5.14. The van der Waals surface area contributed by atoms with Gasteiger partial charge in [-0.2, -0.15) is 26.7 Å². The molecular formula is C20H21F3N4O5S. The fourth-order valence-corrected chi connectivity index (χ4v) is 4.15. The lowest BCUT2D eigenvalue weighted by Gasteiger charge is -2.33. The molecule has 178 valence electrons. The number of nitrogens with one attached hydrogen (secondary N) is 1. The van der Waals surface area contributed by atoms with Gasteiger partial charge in [0.2, 0.25) is 0 Å². The Bertz CT molecular complexity index is 1130. The highest BCUT2D eigenvalue weighted by atomic mass is 32.2. The molecular weight excluding hydrogens is 465 g/mol. The van der Waals surface area contributed by atoms with Crippen LogP contribution in [0.1, 0.15) is 36.6 Å². The first kappa shape index (κ1) is 23.1. The van der Waals surface area contributed by atoms with Gasteiger partial charge in [0, 0.05) is 18.8 Å². The summed E-state index contributed by atoms with van der Waals surface area (Å²) in [6.07, 6.45) is 2.64. The third-order valence-electron chi connectivity index (χ3n) is 5.24. The molecule has 1 aromatic carbocycles. The number of benzene rings is 1. The predicted octanol–water partition coefficient (Wildman–Crippen LogP) is 3.84. The average molecular weight is 486 g/mol. The zero-order valence-corrected chi connectivity index (χ0v) is 18.1. The van der Waals surface area contributed by atoms with Gasteiger partial charge in [0.25, 0.3) is 0 Å². The van der Waals surface area contributed by atoms with Crippen molar-refractivity contribution >= 4 is 28.2 Å². The number of alkyl halides is 3. The molecule has 4 rings (SSSR count). The molecule has 0 spiro atoms. The number of nitrogens with zero attached hydrogens (tertiary/aromatic N) is 3. The first-order valence-electron chi connectivity index (χ1n) is 10.2. The van der Waals surface area contributed by atoms with Gasteiger partial charge in [0.15, 0.2) is 6.23 Å². The number of fused-ring (bicyclic) bond motifs is 1. The largest absolute Gasteiger partial charge is 0.523 e. The summed E-state index contributed by atoms with van der Waals surface area (Å²) in [6, 6.07) is 10.4. The predicted molar refractivity (Wildman–Crippen MR) is 111 cm³/mol. The third-order valence-corrected chi connectivity index (χ3v) is 6.27. The Morgan fingerprint density at radius 1 is 1.21 bits per heavy atom. The number of likely N-dealkylation sites (tertiary alicyclic amines) is 1. The number of amides is 1. The van der Waals surface area contributed by atoms with Crippen LogP contribution < -0.4 is 5.32 Å². The van der Waals surface area contributed by atoms with Crippen LogP contribution in [0.2, 0.25) is 0 Å². The van der Waals surface area contributed by atoms with Crippen LogP contribution in [0.3, 0.4) is 0 Å². The number of halogens is 3. The van der Waals surface area contributed by atoms with Gasteiger partial charge in [-0.15, -0.1) is 0 Å². The van der Waals surface area contributed by atoms with Crippen LogP contribution in [0.5, 0.6) is 0 Å². The number of hydrogen-bond acceptors (Lipinski definition) is 7. The molecule has 2 atom stereocenters. The number of rotatable bonds is 5. The average Bonchev–Trinajstić information content (AvgIpc) is 3.20. The fourth-order valence-electron chi connectivity index (χ4n) is 3.66. The minimum absolute atomic E-state index is 0.125. The quantitative estimate of drug-likeness (QED) is 0.506. The Labute approximate surface area is 187 Å². The van der Waals surface area contributed by atoms with Crippen molar-refractivity contribution in [2.45, 2.75) is 43.6 Å². The number of aromatic nitrogens is 2. The van der Waals surface area contributed by atoms with E-state index in [2.05, 4.69) is 14.6 Å². The molecule has 1 saturated heterocycles. The molecule has 0 aliphatic carbocycles. The Morgan fingerprint density at radius 2 is 1.97 bits per heavy atom. The van der Waals surface area contributed by atoms with Gasteiger partial charge in [-0.1, -0.05) is 30.3 Å². The van der Waals surface area contributed by atoms with Crippen molar-refractivity contribution in [3.8, 4) is 0 Å². The molecule has 0 saturated carbocycles. The van der Waals surface area contributed by atoms with Crippen molar-refractivity contribution < 1.29 is 35.3 Å². The molecule has 2 aromatic rings. The maximum Gasteiger partial charge on any atom is 0.523 e. The van der Waals surface area contributed by atoms with Gasteiger partial charge in [-0.05, 0) is 30.9 Å². The second kappa shape index (κ2) is 9.06. The van der Waals surface area contributed by atoms with Crippen LogP contribution >= 0.6 is 0 Å². The van der Waals surface area contributed by atoms with Gasteiger partial charge in [0.05, 0.1) is 11.7 Å². The van der Waals surface area contributed by atoms with Gasteiger partial charge < -0.3 is 10.1 Å².